The van der Waals surface area contributed by atoms with E-state index in [1.807, 2.05) is 54.6 Å². The second-order valence-electron chi connectivity index (χ2n) is 4.82. The lowest BCUT2D eigenvalue weighted by Crippen LogP contribution is -1.89. The number of nitrogen functional groups attached to an aromatic ring is 2. The predicted octanol–water partition coefficient (Wildman–Crippen LogP) is 4.44. The lowest BCUT2D eigenvalue weighted by Gasteiger charge is -2.09. The fraction of sp³-hybridized carbons (Fsp3) is 0. The van der Waals surface area contributed by atoms with Crippen molar-refractivity contribution in [3.63, 3.8) is 0 Å². The van der Waals surface area contributed by atoms with E-state index >= 15 is 0 Å². The number of rotatable bonds is 4. The molecule has 0 atom stereocenters. The SMILES string of the molecule is Nc1ccc(Oc2cccc(Oc3cccc(N)c3)c2)cc1. The molecule has 0 fully saturated rings. The molecule has 0 unspecified atom stereocenters. The van der Waals surface area contributed by atoms with Gasteiger partial charge in [-0.3, -0.25) is 0 Å². The van der Waals surface area contributed by atoms with Gasteiger partial charge < -0.3 is 20.9 Å². The Morgan fingerprint density at radius 3 is 1.68 bits per heavy atom. The van der Waals surface area contributed by atoms with Gasteiger partial charge in [-0.1, -0.05) is 12.1 Å². The van der Waals surface area contributed by atoms with Crippen molar-refractivity contribution in [3.05, 3.63) is 72.8 Å². The van der Waals surface area contributed by atoms with Gasteiger partial charge in [-0.25, -0.2) is 0 Å². The zero-order valence-corrected chi connectivity index (χ0v) is 11.9. The molecule has 22 heavy (non-hydrogen) atoms. The van der Waals surface area contributed by atoms with Crippen LogP contribution in [0.3, 0.4) is 0 Å². The minimum Gasteiger partial charge on any atom is -0.457 e. The van der Waals surface area contributed by atoms with E-state index in [4.69, 9.17) is 20.9 Å². The molecule has 3 aromatic rings. The van der Waals surface area contributed by atoms with Crippen LogP contribution in [0.25, 0.3) is 0 Å². The second kappa shape index (κ2) is 6.10. The van der Waals surface area contributed by atoms with Crippen LogP contribution in [0.2, 0.25) is 0 Å². The molecule has 4 N–H and O–H groups in total. The minimum absolute atomic E-state index is 0.659. The van der Waals surface area contributed by atoms with Crippen LogP contribution in [0, 0.1) is 0 Å². The fourth-order valence-corrected chi connectivity index (χ4v) is 1.99. The van der Waals surface area contributed by atoms with E-state index in [1.165, 1.54) is 0 Å². The van der Waals surface area contributed by atoms with Gasteiger partial charge in [-0.05, 0) is 48.5 Å². The van der Waals surface area contributed by atoms with Crippen molar-refractivity contribution in [1.29, 1.82) is 0 Å². The van der Waals surface area contributed by atoms with Crippen LogP contribution in [0.4, 0.5) is 11.4 Å². The van der Waals surface area contributed by atoms with Crippen LogP contribution in [0.15, 0.2) is 72.8 Å². The van der Waals surface area contributed by atoms with E-state index in [0.29, 0.717) is 28.6 Å². The molecule has 0 radical (unpaired) electrons. The zero-order valence-electron chi connectivity index (χ0n) is 11.9. The van der Waals surface area contributed by atoms with E-state index in [9.17, 15) is 0 Å². The lowest BCUT2D eigenvalue weighted by molar-refractivity contribution is 0.460. The highest BCUT2D eigenvalue weighted by Crippen LogP contribution is 2.29. The number of hydrogen-bond donors (Lipinski definition) is 2. The van der Waals surface area contributed by atoms with Gasteiger partial charge in [-0.2, -0.15) is 0 Å². The molecule has 0 bridgehead atoms. The van der Waals surface area contributed by atoms with E-state index in [-0.39, 0.29) is 0 Å². The Morgan fingerprint density at radius 1 is 0.500 bits per heavy atom. The third-order valence-electron chi connectivity index (χ3n) is 3.02. The van der Waals surface area contributed by atoms with Crippen molar-refractivity contribution in [1.82, 2.24) is 0 Å². The van der Waals surface area contributed by atoms with E-state index < -0.39 is 0 Å². The molecule has 0 saturated carbocycles. The molecule has 0 spiro atoms. The topological polar surface area (TPSA) is 70.5 Å². The Hall–Kier alpha value is -3.14. The van der Waals surface area contributed by atoms with Crippen LogP contribution in [-0.2, 0) is 0 Å². The number of hydrogen-bond acceptors (Lipinski definition) is 4. The standard InChI is InChI=1S/C18H16N2O2/c19-13-7-9-15(10-8-13)21-17-5-2-6-18(12-17)22-16-4-1-3-14(20)11-16/h1-12H,19-20H2. The normalized spacial score (nSPS) is 10.2. The van der Waals surface area contributed by atoms with Gasteiger partial charge in [0.25, 0.3) is 0 Å². The van der Waals surface area contributed by atoms with Gasteiger partial charge >= 0.3 is 0 Å². The van der Waals surface area contributed by atoms with Crippen molar-refractivity contribution in [3.8, 4) is 23.0 Å². The lowest BCUT2D eigenvalue weighted by atomic mass is 10.3. The first-order valence-electron chi connectivity index (χ1n) is 6.86. The summed E-state index contributed by atoms with van der Waals surface area (Å²) in [5.41, 5.74) is 12.8. The largest absolute Gasteiger partial charge is 0.457 e. The third-order valence-corrected chi connectivity index (χ3v) is 3.02. The quantitative estimate of drug-likeness (QED) is 0.698. The van der Waals surface area contributed by atoms with Gasteiger partial charge in [0, 0.05) is 23.5 Å². The summed E-state index contributed by atoms with van der Waals surface area (Å²) in [4.78, 5) is 0. The first-order chi connectivity index (χ1) is 10.7. The summed E-state index contributed by atoms with van der Waals surface area (Å²) in [6.07, 6.45) is 0. The van der Waals surface area contributed by atoms with Crippen molar-refractivity contribution < 1.29 is 9.47 Å². The molecule has 3 aromatic carbocycles. The number of nitrogens with two attached hydrogens (primary N) is 2. The molecule has 0 amide bonds. The Morgan fingerprint density at radius 2 is 1.05 bits per heavy atom. The highest BCUT2D eigenvalue weighted by atomic mass is 16.5. The summed E-state index contributed by atoms with van der Waals surface area (Å²) in [5, 5.41) is 0. The number of benzene rings is 3. The third kappa shape index (κ3) is 3.49. The summed E-state index contributed by atoms with van der Waals surface area (Å²) in [6, 6.07) is 21.9. The second-order valence-corrected chi connectivity index (χ2v) is 4.82. The molecule has 4 heteroatoms. The molecule has 0 saturated heterocycles. The van der Waals surface area contributed by atoms with Crippen LogP contribution in [-0.4, -0.2) is 0 Å². The predicted molar refractivity (Wildman–Crippen MR) is 88.3 cm³/mol. The van der Waals surface area contributed by atoms with Gasteiger partial charge in [-0.15, -0.1) is 0 Å². The number of anilines is 2. The molecule has 0 aliphatic carbocycles. The van der Waals surface area contributed by atoms with Crippen LogP contribution in [0.5, 0.6) is 23.0 Å². The molecule has 0 heterocycles. The summed E-state index contributed by atoms with van der Waals surface area (Å²) in [6.45, 7) is 0. The van der Waals surface area contributed by atoms with Crippen molar-refractivity contribution in [2.24, 2.45) is 0 Å². The highest BCUT2D eigenvalue weighted by molar-refractivity contribution is 5.47. The highest BCUT2D eigenvalue weighted by Gasteiger charge is 2.02. The van der Waals surface area contributed by atoms with Crippen LogP contribution >= 0.6 is 0 Å². The smallest absolute Gasteiger partial charge is 0.131 e. The first kappa shape index (κ1) is 13.8. The van der Waals surface area contributed by atoms with Gasteiger partial charge in [0.2, 0.25) is 0 Å². The maximum absolute atomic E-state index is 5.78. The van der Waals surface area contributed by atoms with Crippen molar-refractivity contribution in [2.75, 3.05) is 11.5 Å². The van der Waals surface area contributed by atoms with E-state index in [1.54, 1.807) is 18.2 Å². The first-order valence-corrected chi connectivity index (χ1v) is 6.86. The average Bonchev–Trinajstić information content (AvgIpc) is 2.50. The maximum atomic E-state index is 5.78. The molecular weight excluding hydrogens is 276 g/mol. The van der Waals surface area contributed by atoms with Gasteiger partial charge in [0.1, 0.15) is 23.0 Å². The Kier molecular flexibility index (Phi) is 3.83. The monoisotopic (exact) mass is 292 g/mol. The Bertz CT molecular complexity index is 770. The summed E-state index contributed by atoms with van der Waals surface area (Å²) in [5.74, 6) is 2.77. The number of ether oxygens (including phenoxy) is 2. The Balaban J connectivity index is 1.76. The van der Waals surface area contributed by atoms with E-state index in [2.05, 4.69) is 0 Å². The van der Waals surface area contributed by atoms with Crippen LogP contribution < -0.4 is 20.9 Å². The molecule has 0 aliphatic heterocycles. The maximum Gasteiger partial charge on any atom is 0.131 e. The van der Waals surface area contributed by atoms with Gasteiger partial charge in [0.05, 0.1) is 0 Å². The van der Waals surface area contributed by atoms with Crippen LogP contribution in [0.1, 0.15) is 0 Å². The molecule has 0 aromatic heterocycles. The molecule has 0 aliphatic rings. The van der Waals surface area contributed by atoms with E-state index in [0.717, 1.165) is 5.75 Å². The molecule has 3 rings (SSSR count). The fourth-order valence-electron chi connectivity index (χ4n) is 1.99. The minimum atomic E-state index is 0.659. The van der Waals surface area contributed by atoms with Gasteiger partial charge in [0.15, 0.2) is 0 Å². The zero-order chi connectivity index (χ0) is 15.4. The Labute approximate surface area is 128 Å². The molecular formula is C18H16N2O2. The molecule has 4 nitrogen and oxygen atoms in total. The summed E-state index contributed by atoms with van der Waals surface area (Å²) >= 11 is 0. The average molecular weight is 292 g/mol. The summed E-state index contributed by atoms with van der Waals surface area (Å²) < 4.78 is 11.6. The molecule has 110 valence electrons. The summed E-state index contributed by atoms with van der Waals surface area (Å²) in [7, 11) is 0. The van der Waals surface area contributed by atoms with Crippen molar-refractivity contribution >= 4 is 11.4 Å². The van der Waals surface area contributed by atoms with Crippen molar-refractivity contribution in [2.45, 2.75) is 0 Å².